The zero-order chi connectivity index (χ0) is 12.8. The van der Waals surface area contributed by atoms with Gasteiger partial charge in [-0.1, -0.05) is 6.07 Å². The summed E-state index contributed by atoms with van der Waals surface area (Å²) in [6.07, 6.45) is -0.871. The second-order valence-corrected chi connectivity index (χ2v) is 3.75. The molecule has 0 aliphatic rings. The van der Waals surface area contributed by atoms with E-state index in [0.717, 1.165) is 16.9 Å². The maximum absolute atomic E-state index is 11.1. The first-order valence-corrected chi connectivity index (χ1v) is 5.56. The molecule has 0 radical (unpaired) electrons. The standard InChI is InChI=1S/C13H18O4/c1-4-17-10-5-6-11(9(2)7-10)12(14)8-13(15)16-3/h5-7,12,14H,4,8H2,1-3H3/t12-/m0/s1. The number of aliphatic hydroxyl groups is 1. The van der Waals surface area contributed by atoms with Crippen molar-refractivity contribution in [1.82, 2.24) is 0 Å². The monoisotopic (exact) mass is 238 g/mol. The van der Waals surface area contributed by atoms with Crippen molar-refractivity contribution >= 4 is 5.97 Å². The van der Waals surface area contributed by atoms with Gasteiger partial charge in [-0.15, -0.1) is 0 Å². The number of aliphatic hydroxyl groups excluding tert-OH is 1. The van der Waals surface area contributed by atoms with Crippen LogP contribution < -0.4 is 4.74 Å². The molecule has 1 atom stereocenters. The van der Waals surface area contributed by atoms with E-state index in [-0.39, 0.29) is 6.42 Å². The molecule has 94 valence electrons. The van der Waals surface area contributed by atoms with E-state index >= 15 is 0 Å². The summed E-state index contributed by atoms with van der Waals surface area (Å²) >= 11 is 0. The van der Waals surface area contributed by atoms with Crippen LogP contribution in [0.4, 0.5) is 0 Å². The van der Waals surface area contributed by atoms with Gasteiger partial charge in [0, 0.05) is 0 Å². The maximum Gasteiger partial charge on any atom is 0.308 e. The Morgan fingerprint density at radius 2 is 2.18 bits per heavy atom. The van der Waals surface area contributed by atoms with Crippen LogP contribution in [0.2, 0.25) is 0 Å². The van der Waals surface area contributed by atoms with Gasteiger partial charge in [-0.3, -0.25) is 4.79 Å². The highest BCUT2D eigenvalue weighted by atomic mass is 16.5. The van der Waals surface area contributed by atoms with Gasteiger partial charge in [-0.05, 0) is 37.1 Å². The summed E-state index contributed by atoms with van der Waals surface area (Å²) in [6, 6.07) is 5.40. The lowest BCUT2D eigenvalue weighted by atomic mass is 10.0. The molecule has 0 bridgehead atoms. The van der Waals surface area contributed by atoms with E-state index in [4.69, 9.17) is 4.74 Å². The molecule has 0 unspecified atom stereocenters. The summed E-state index contributed by atoms with van der Waals surface area (Å²) in [6.45, 7) is 4.39. The first-order chi connectivity index (χ1) is 8.08. The molecular formula is C13H18O4. The smallest absolute Gasteiger partial charge is 0.308 e. The Morgan fingerprint density at radius 1 is 1.47 bits per heavy atom. The first-order valence-electron chi connectivity index (χ1n) is 5.56. The number of rotatable bonds is 5. The number of hydrogen-bond acceptors (Lipinski definition) is 4. The quantitative estimate of drug-likeness (QED) is 0.797. The van der Waals surface area contributed by atoms with Crippen molar-refractivity contribution < 1.29 is 19.4 Å². The van der Waals surface area contributed by atoms with Gasteiger partial charge in [0.05, 0.1) is 26.2 Å². The Bertz CT molecular complexity index is 387. The Balaban J connectivity index is 2.80. The molecule has 0 fully saturated rings. The third kappa shape index (κ3) is 3.75. The van der Waals surface area contributed by atoms with Gasteiger partial charge in [0.2, 0.25) is 0 Å². The molecule has 0 aliphatic carbocycles. The SMILES string of the molecule is CCOc1ccc([C@@H](O)CC(=O)OC)c(C)c1. The van der Waals surface area contributed by atoms with E-state index in [0.29, 0.717) is 6.61 Å². The summed E-state index contributed by atoms with van der Waals surface area (Å²) < 4.78 is 9.87. The van der Waals surface area contributed by atoms with Crippen LogP contribution in [0.15, 0.2) is 18.2 Å². The van der Waals surface area contributed by atoms with Gasteiger partial charge >= 0.3 is 5.97 Å². The van der Waals surface area contributed by atoms with Crippen molar-refractivity contribution in [1.29, 1.82) is 0 Å². The normalized spacial score (nSPS) is 12.0. The molecule has 1 aromatic carbocycles. The van der Waals surface area contributed by atoms with Crippen molar-refractivity contribution in [3.8, 4) is 5.75 Å². The first kappa shape index (κ1) is 13.5. The van der Waals surface area contributed by atoms with Crippen LogP contribution in [0, 0.1) is 6.92 Å². The van der Waals surface area contributed by atoms with Gasteiger partial charge in [0.1, 0.15) is 5.75 Å². The number of methoxy groups -OCH3 is 1. The van der Waals surface area contributed by atoms with Gasteiger partial charge in [0.15, 0.2) is 0 Å². The second kappa shape index (κ2) is 6.25. The topological polar surface area (TPSA) is 55.8 Å². The fourth-order valence-electron chi connectivity index (χ4n) is 1.63. The molecule has 0 saturated carbocycles. The lowest BCUT2D eigenvalue weighted by Gasteiger charge is -2.14. The predicted molar refractivity (Wildman–Crippen MR) is 63.9 cm³/mol. The molecular weight excluding hydrogens is 220 g/mol. The van der Waals surface area contributed by atoms with Crippen LogP contribution in [-0.4, -0.2) is 24.8 Å². The van der Waals surface area contributed by atoms with Crippen molar-refractivity contribution in [2.75, 3.05) is 13.7 Å². The molecule has 4 nitrogen and oxygen atoms in total. The Kier molecular flexibility index (Phi) is 4.97. The Morgan fingerprint density at radius 3 is 2.71 bits per heavy atom. The highest BCUT2D eigenvalue weighted by Gasteiger charge is 2.15. The van der Waals surface area contributed by atoms with Crippen molar-refractivity contribution in [3.05, 3.63) is 29.3 Å². The number of benzene rings is 1. The number of hydrogen-bond donors (Lipinski definition) is 1. The molecule has 1 N–H and O–H groups in total. The van der Waals surface area contributed by atoms with Crippen molar-refractivity contribution in [3.63, 3.8) is 0 Å². The maximum atomic E-state index is 11.1. The fourth-order valence-corrected chi connectivity index (χ4v) is 1.63. The van der Waals surface area contributed by atoms with Crippen LogP contribution in [0.25, 0.3) is 0 Å². The summed E-state index contributed by atoms with van der Waals surface area (Å²) in [5.74, 6) is 0.338. The molecule has 1 rings (SSSR count). The number of aryl methyl sites for hydroxylation is 1. The number of carbonyl (C=O) groups excluding carboxylic acids is 1. The lowest BCUT2D eigenvalue weighted by molar-refractivity contribution is -0.142. The number of ether oxygens (including phenoxy) is 2. The van der Waals surface area contributed by atoms with E-state index in [1.54, 1.807) is 12.1 Å². The summed E-state index contributed by atoms with van der Waals surface area (Å²) in [5, 5.41) is 9.88. The molecule has 0 saturated heterocycles. The molecule has 1 aromatic rings. The van der Waals surface area contributed by atoms with E-state index in [9.17, 15) is 9.90 Å². The van der Waals surface area contributed by atoms with Gasteiger partial charge in [-0.25, -0.2) is 0 Å². The summed E-state index contributed by atoms with van der Waals surface area (Å²) in [7, 11) is 1.31. The largest absolute Gasteiger partial charge is 0.494 e. The van der Waals surface area contributed by atoms with Gasteiger partial charge < -0.3 is 14.6 Å². The third-order valence-electron chi connectivity index (χ3n) is 2.50. The van der Waals surface area contributed by atoms with E-state index in [1.807, 2.05) is 19.9 Å². The number of esters is 1. The minimum Gasteiger partial charge on any atom is -0.494 e. The average molecular weight is 238 g/mol. The van der Waals surface area contributed by atoms with Crippen LogP contribution in [-0.2, 0) is 9.53 Å². The summed E-state index contributed by atoms with van der Waals surface area (Å²) in [5.41, 5.74) is 1.62. The molecule has 0 aromatic heterocycles. The van der Waals surface area contributed by atoms with Gasteiger partial charge in [0.25, 0.3) is 0 Å². The highest BCUT2D eigenvalue weighted by molar-refractivity contribution is 5.70. The fraction of sp³-hybridized carbons (Fsp3) is 0.462. The minimum atomic E-state index is -0.835. The molecule has 0 amide bonds. The zero-order valence-electron chi connectivity index (χ0n) is 10.4. The van der Waals surface area contributed by atoms with Crippen LogP contribution in [0.5, 0.6) is 5.75 Å². The van der Waals surface area contributed by atoms with Gasteiger partial charge in [-0.2, -0.15) is 0 Å². The van der Waals surface area contributed by atoms with E-state index < -0.39 is 12.1 Å². The average Bonchev–Trinajstić information content (AvgIpc) is 2.29. The molecule has 17 heavy (non-hydrogen) atoms. The van der Waals surface area contributed by atoms with Crippen LogP contribution in [0.1, 0.15) is 30.6 Å². The lowest BCUT2D eigenvalue weighted by Crippen LogP contribution is -2.09. The molecule has 0 aliphatic heterocycles. The summed E-state index contributed by atoms with van der Waals surface area (Å²) in [4.78, 5) is 11.1. The second-order valence-electron chi connectivity index (χ2n) is 3.75. The van der Waals surface area contributed by atoms with E-state index in [2.05, 4.69) is 4.74 Å². The molecule has 0 heterocycles. The third-order valence-corrected chi connectivity index (χ3v) is 2.50. The Labute approximate surface area is 101 Å². The van der Waals surface area contributed by atoms with Crippen LogP contribution >= 0.6 is 0 Å². The predicted octanol–water partition coefficient (Wildman–Crippen LogP) is 1.99. The van der Waals surface area contributed by atoms with Crippen molar-refractivity contribution in [2.45, 2.75) is 26.4 Å². The number of carbonyl (C=O) groups is 1. The molecule has 0 spiro atoms. The van der Waals surface area contributed by atoms with Crippen LogP contribution in [0.3, 0.4) is 0 Å². The minimum absolute atomic E-state index is 0.0364. The zero-order valence-corrected chi connectivity index (χ0v) is 10.4. The highest BCUT2D eigenvalue weighted by Crippen LogP contribution is 2.24. The Hall–Kier alpha value is -1.55. The van der Waals surface area contributed by atoms with Crippen molar-refractivity contribution in [2.24, 2.45) is 0 Å². The molecule has 4 heteroatoms. The van der Waals surface area contributed by atoms with E-state index in [1.165, 1.54) is 7.11 Å².